The number of carbonyl (C=O) groups is 2. The molecule has 1 unspecified atom stereocenters. The number of unbranched alkanes of at least 4 members (excludes halogenated alkanes) is 24. The Morgan fingerprint density at radius 1 is 0.545 bits per heavy atom. The van der Waals surface area contributed by atoms with E-state index in [1.54, 1.807) is 0 Å². The molecule has 0 bridgehead atoms. The fourth-order valence-corrected chi connectivity index (χ4v) is 7.82. The zero-order chi connectivity index (χ0) is 40.7. The first-order valence-electron chi connectivity index (χ1n) is 21.8. The van der Waals surface area contributed by atoms with Crippen LogP contribution >= 0.6 is 7.82 Å². The van der Waals surface area contributed by atoms with Gasteiger partial charge in [0.05, 0.1) is 6.61 Å². The molecule has 5 N–H and O–H groups in total. The van der Waals surface area contributed by atoms with E-state index in [4.69, 9.17) is 18.5 Å². The zero-order valence-corrected chi connectivity index (χ0v) is 35.1. The molecular formula is C41H78FO12P. The minimum Gasteiger partial charge on any atom is -0.462 e. The van der Waals surface area contributed by atoms with E-state index in [1.165, 1.54) is 109 Å². The van der Waals surface area contributed by atoms with Crippen LogP contribution in [0.25, 0.3) is 0 Å². The van der Waals surface area contributed by atoms with Crippen LogP contribution in [-0.4, -0.2) is 93.3 Å². The van der Waals surface area contributed by atoms with Crippen molar-refractivity contribution in [2.24, 2.45) is 0 Å². The number of carbonyl (C=O) groups excluding carboxylic acids is 2. The predicted octanol–water partition coefficient (Wildman–Crippen LogP) is 8.70. The SMILES string of the molecule is CCCCCCCCCCCCCCCC(=O)OC[C@H](COP(=O)(O)O[C@@H]1[C@H](O)[C@@H](F)[C@@H](O)[C@H](O)[C@@H]1O)OC(=O)CCCCCCCCCCCCCCC. The van der Waals surface area contributed by atoms with Crippen LogP contribution < -0.4 is 0 Å². The molecule has 0 heterocycles. The summed E-state index contributed by atoms with van der Waals surface area (Å²) in [6.07, 6.45) is 15.9. The molecule has 1 rings (SSSR count). The number of hydrogen-bond donors (Lipinski definition) is 5. The molecule has 0 saturated heterocycles. The highest BCUT2D eigenvalue weighted by atomic mass is 31.2. The van der Waals surface area contributed by atoms with E-state index in [0.29, 0.717) is 12.8 Å². The van der Waals surface area contributed by atoms with Gasteiger partial charge in [0.25, 0.3) is 0 Å². The van der Waals surface area contributed by atoms with Gasteiger partial charge < -0.3 is 34.8 Å². The number of ether oxygens (including phenoxy) is 2. The Bertz CT molecular complexity index is 990. The Balaban J connectivity index is 2.48. The third-order valence-electron chi connectivity index (χ3n) is 10.4. The Morgan fingerprint density at radius 2 is 0.927 bits per heavy atom. The van der Waals surface area contributed by atoms with E-state index in [-0.39, 0.29) is 12.8 Å². The summed E-state index contributed by atoms with van der Waals surface area (Å²) in [5.74, 6) is -1.12. The van der Waals surface area contributed by atoms with Crippen LogP contribution in [0.2, 0.25) is 0 Å². The lowest BCUT2D eigenvalue weighted by molar-refractivity contribution is -0.203. The molecule has 0 amide bonds. The number of halogens is 1. The molecule has 1 saturated carbocycles. The first-order chi connectivity index (χ1) is 26.4. The van der Waals surface area contributed by atoms with Crippen molar-refractivity contribution in [1.29, 1.82) is 0 Å². The number of aliphatic hydroxyl groups excluding tert-OH is 4. The maximum absolute atomic E-state index is 14.2. The van der Waals surface area contributed by atoms with Gasteiger partial charge in [0, 0.05) is 12.8 Å². The molecule has 12 nitrogen and oxygen atoms in total. The first-order valence-corrected chi connectivity index (χ1v) is 23.3. The van der Waals surface area contributed by atoms with E-state index >= 15 is 0 Å². The van der Waals surface area contributed by atoms with Crippen LogP contribution in [-0.2, 0) is 32.7 Å². The highest BCUT2D eigenvalue weighted by molar-refractivity contribution is 7.47. The number of rotatable bonds is 36. The minimum absolute atomic E-state index is 0.0903. The molecule has 0 aliphatic heterocycles. The molecule has 326 valence electrons. The number of esters is 2. The molecule has 0 spiro atoms. The van der Waals surface area contributed by atoms with Crippen LogP contribution in [0.3, 0.4) is 0 Å². The molecule has 55 heavy (non-hydrogen) atoms. The van der Waals surface area contributed by atoms with Gasteiger partial charge in [-0.05, 0) is 12.8 Å². The second kappa shape index (κ2) is 32.7. The molecular weight excluding hydrogens is 734 g/mol. The Hall–Kier alpha value is -1.18. The molecule has 0 aromatic heterocycles. The smallest absolute Gasteiger partial charge is 0.462 e. The molecule has 14 heteroatoms. The minimum atomic E-state index is -5.16. The average molecular weight is 813 g/mol. The van der Waals surface area contributed by atoms with Gasteiger partial charge in [-0.2, -0.15) is 0 Å². The highest BCUT2D eigenvalue weighted by Crippen LogP contribution is 2.47. The van der Waals surface area contributed by atoms with E-state index in [0.717, 1.165) is 44.9 Å². The number of hydrogen-bond acceptors (Lipinski definition) is 11. The molecule has 1 aliphatic carbocycles. The Kier molecular flexibility index (Phi) is 30.9. The molecule has 0 radical (unpaired) electrons. The van der Waals surface area contributed by atoms with Crippen molar-refractivity contribution in [3.8, 4) is 0 Å². The molecule has 1 fully saturated rings. The number of phosphoric ester groups is 1. The third kappa shape index (κ3) is 25.7. The number of phosphoric acid groups is 1. The van der Waals surface area contributed by atoms with Gasteiger partial charge >= 0.3 is 19.8 Å². The second-order valence-electron chi connectivity index (χ2n) is 15.5. The maximum Gasteiger partial charge on any atom is 0.472 e. The predicted molar refractivity (Wildman–Crippen MR) is 211 cm³/mol. The van der Waals surface area contributed by atoms with Gasteiger partial charge in [-0.1, -0.05) is 168 Å². The van der Waals surface area contributed by atoms with Crippen LogP contribution in [0, 0.1) is 0 Å². The third-order valence-corrected chi connectivity index (χ3v) is 11.4. The quantitative estimate of drug-likeness (QED) is 0.0230. The zero-order valence-electron chi connectivity index (χ0n) is 34.2. The summed E-state index contributed by atoms with van der Waals surface area (Å²) in [7, 11) is -5.16. The highest BCUT2D eigenvalue weighted by Gasteiger charge is 2.52. The molecule has 0 aromatic rings. The van der Waals surface area contributed by atoms with Crippen molar-refractivity contribution < 1.29 is 62.4 Å². The first kappa shape index (κ1) is 51.8. The van der Waals surface area contributed by atoms with Crippen molar-refractivity contribution in [1.82, 2.24) is 0 Å². The van der Waals surface area contributed by atoms with Gasteiger partial charge in [0.15, 0.2) is 12.3 Å². The van der Waals surface area contributed by atoms with Gasteiger partial charge in [0.1, 0.15) is 37.1 Å². The summed E-state index contributed by atoms with van der Waals surface area (Å²) in [5.41, 5.74) is 0. The number of alkyl halides is 1. The van der Waals surface area contributed by atoms with Crippen molar-refractivity contribution in [2.75, 3.05) is 13.2 Å². The molecule has 8 atom stereocenters. The van der Waals surface area contributed by atoms with E-state index < -0.39 is 75.8 Å². The fourth-order valence-electron chi connectivity index (χ4n) is 6.85. The summed E-state index contributed by atoms with van der Waals surface area (Å²) >= 11 is 0. The van der Waals surface area contributed by atoms with Crippen molar-refractivity contribution in [3.63, 3.8) is 0 Å². The fraction of sp³-hybridized carbons (Fsp3) is 0.951. The average Bonchev–Trinajstić information content (AvgIpc) is 3.16. The lowest BCUT2D eigenvalue weighted by Crippen LogP contribution is -2.62. The van der Waals surface area contributed by atoms with Crippen molar-refractivity contribution in [3.05, 3.63) is 0 Å². The Labute approximate surface area is 331 Å². The van der Waals surface area contributed by atoms with Crippen LogP contribution in [0.4, 0.5) is 4.39 Å². The van der Waals surface area contributed by atoms with E-state index in [1.807, 2.05) is 0 Å². The summed E-state index contributed by atoms with van der Waals surface area (Å²) in [5, 5.41) is 39.7. The standard InChI is InChI=1S/C41H78FO12P/c1-3-5-7-9-11-13-15-17-19-21-23-25-27-29-34(43)51-31-33(32-52-55(49,50)54-41-38(46)36(42)37(45)39(47)40(41)48)53-35(44)30-28-26-24-22-20-18-16-14-12-10-8-6-4-2/h33,36-41,45-48H,3-32H2,1-2H3,(H,49,50)/t33-,36+,37-,38-,39+,40+,41-/m1/s1. The van der Waals surface area contributed by atoms with Crippen LogP contribution in [0.5, 0.6) is 0 Å². The van der Waals surface area contributed by atoms with Gasteiger partial charge in [-0.15, -0.1) is 0 Å². The summed E-state index contributed by atoms with van der Waals surface area (Å²) in [6, 6.07) is 0. The maximum atomic E-state index is 14.2. The van der Waals surface area contributed by atoms with Gasteiger partial charge in [0.2, 0.25) is 0 Å². The molecule has 1 aliphatic rings. The van der Waals surface area contributed by atoms with Crippen molar-refractivity contribution >= 4 is 19.8 Å². The van der Waals surface area contributed by atoms with Crippen LogP contribution in [0.1, 0.15) is 194 Å². The largest absolute Gasteiger partial charge is 0.472 e. The van der Waals surface area contributed by atoms with Crippen LogP contribution in [0.15, 0.2) is 0 Å². The lowest BCUT2D eigenvalue weighted by Gasteiger charge is -2.40. The monoisotopic (exact) mass is 813 g/mol. The second-order valence-corrected chi connectivity index (χ2v) is 16.9. The van der Waals surface area contributed by atoms with Crippen molar-refractivity contribution in [2.45, 2.75) is 236 Å². The lowest BCUT2D eigenvalue weighted by atomic mass is 9.86. The van der Waals surface area contributed by atoms with Gasteiger partial charge in [-0.25, -0.2) is 8.96 Å². The normalized spacial score (nSPS) is 23.0. The number of aliphatic hydroxyl groups is 4. The van der Waals surface area contributed by atoms with E-state index in [9.17, 15) is 43.9 Å². The topological polar surface area (TPSA) is 189 Å². The molecule has 0 aromatic carbocycles. The summed E-state index contributed by atoms with van der Waals surface area (Å²) in [6.45, 7) is 3.24. The van der Waals surface area contributed by atoms with E-state index in [2.05, 4.69) is 13.8 Å². The summed E-state index contributed by atoms with van der Waals surface area (Å²) < 4.78 is 47.5. The Morgan fingerprint density at radius 3 is 1.35 bits per heavy atom. The summed E-state index contributed by atoms with van der Waals surface area (Å²) in [4.78, 5) is 35.5. The van der Waals surface area contributed by atoms with Gasteiger partial charge in [-0.3, -0.25) is 18.6 Å².